The van der Waals surface area contributed by atoms with Gasteiger partial charge in [0.05, 0.1) is 19.3 Å². The molecule has 0 saturated carbocycles. The number of hydrogen-bond donors (Lipinski definition) is 2. The molecule has 0 aliphatic rings. The predicted octanol–water partition coefficient (Wildman–Crippen LogP) is 0.889. The van der Waals surface area contributed by atoms with Gasteiger partial charge >= 0.3 is 5.97 Å². The van der Waals surface area contributed by atoms with Crippen LogP contribution in [0.5, 0.6) is 0 Å². The van der Waals surface area contributed by atoms with Crippen LogP contribution >= 0.6 is 0 Å². The Labute approximate surface area is 113 Å². The van der Waals surface area contributed by atoms with E-state index in [1.165, 1.54) is 0 Å². The van der Waals surface area contributed by atoms with Gasteiger partial charge in [0.15, 0.2) is 0 Å². The van der Waals surface area contributed by atoms with Gasteiger partial charge in [-0.25, -0.2) is 4.79 Å². The van der Waals surface area contributed by atoms with Gasteiger partial charge < -0.3 is 19.9 Å². The molecule has 0 saturated heterocycles. The van der Waals surface area contributed by atoms with Crippen LogP contribution in [0.25, 0.3) is 0 Å². The summed E-state index contributed by atoms with van der Waals surface area (Å²) >= 11 is 0. The first-order valence-electron chi connectivity index (χ1n) is 6.41. The highest BCUT2D eigenvalue weighted by Crippen LogP contribution is 2.10. The molecule has 0 radical (unpaired) electrons. The van der Waals surface area contributed by atoms with E-state index in [9.17, 15) is 9.90 Å². The van der Waals surface area contributed by atoms with Crippen molar-refractivity contribution in [2.45, 2.75) is 13.0 Å². The zero-order valence-electron chi connectivity index (χ0n) is 11.2. The molecule has 1 rings (SSSR count). The summed E-state index contributed by atoms with van der Waals surface area (Å²) in [7, 11) is 0. The molecular weight excluding hydrogens is 246 g/mol. The Morgan fingerprint density at radius 1 is 1.37 bits per heavy atom. The fourth-order valence-electron chi connectivity index (χ4n) is 1.53. The van der Waals surface area contributed by atoms with E-state index < -0.39 is 6.10 Å². The second-order valence-corrected chi connectivity index (χ2v) is 3.99. The number of rotatable bonds is 9. The first kappa shape index (κ1) is 15.6. The van der Waals surface area contributed by atoms with Gasteiger partial charge in [-0.15, -0.1) is 0 Å². The highest BCUT2D eigenvalue weighted by Gasteiger charge is 2.05. The number of carbonyl (C=O) groups is 1. The third-order valence-electron chi connectivity index (χ3n) is 2.47. The van der Waals surface area contributed by atoms with E-state index >= 15 is 0 Å². The molecule has 1 aromatic rings. The van der Waals surface area contributed by atoms with Crippen molar-refractivity contribution in [1.82, 2.24) is 5.32 Å². The average molecular weight is 267 g/mol. The lowest BCUT2D eigenvalue weighted by Crippen LogP contribution is -2.26. The summed E-state index contributed by atoms with van der Waals surface area (Å²) < 4.78 is 9.84. The molecule has 1 atom stereocenters. The standard InChI is InChI=1S/C14H21NO4/c1-2-19-14(17)11-18-9-8-15-10-13(16)12-6-4-3-5-7-12/h3-7,13,15-16H,2,8-11H2,1H3. The van der Waals surface area contributed by atoms with Crippen LogP contribution in [0, 0.1) is 0 Å². The monoisotopic (exact) mass is 267 g/mol. The summed E-state index contributed by atoms with van der Waals surface area (Å²) in [4.78, 5) is 11.0. The SMILES string of the molecule is CCOC(=O)COCCNCC(O)c1ccccc1. The van der Waals surface area contributed by atoms with Crippen molar-refractivity contribution in [1.29, 1.82) is 0 Å². The lowest BCUT2D eigenvalue weighted by molar-refractivity contribution is -0.148. The molecule has 1 unspecified atom stereocenters. The highest BCUT2D eigenvalue weighted by atomic mass is 16.6. The van der Waals surface area contributed by atoms with Crippen LogP contribution in [0.2, 0.25) is 0 Å². The molecule has 5 heteroatoms. The lowest BCUT2D eigenvalue weighted by Gasteiger charge is -2.12. The van der Waals surface area contributed by atoms with E-state index in [1.54, 1.807) is 6.92 Å². The molecule has 5 nitrogen and oxygen atoms in total. The molecule has 0 fully saturated rings. The van der Waals surface area contributed by atoms with Gasteiger partial charge in [-0.2, -0.15) is 0 Å². The number of esters is 1. The fraction of sp³-hybridized carbons (Fsp3) is 0.500. The van der Waals surface area contributed by atoms with Crippen molar-refractivity contribution < 1.29 is 19.4 Å². The van der Waals surface area contributed by atoms with E-state index in [1.807, 2.05) is 30.3 Å². The maximum atomic E-state index is 11.0. The van der Waals surface area contributed by atoms with E-state index in [-0.39, 0.29) is 12.6 Å². The van der Waals surface area contributed by atoms with Gasteiger partial charge in [-0.3, -0.25) is 0 Å². The Hall–Kier alpha value is -1.43. The van der Waals surface area contributed by atoms with Gasteiger partial charge in [-0.05, 0) is 12.5 Å². The summed E-state index contributed by atoms with van der Waals surface area (Å²) in [6, 6.07) is 9.45. The summed E-state index contributed by atoms with van der Waals surface area (Å²) in [5.41, 5.74) is 0.877. The first-order valence-corrected chi connectivity index (χ1v) is 6.41. The molecule has 0 aromatic heterocycles. The van der Waals surface area contributed by atoms with E-state index in [0.29, 0.717) is 26.3 Å². The Morgan fingerprint density at radius 2 is 2.11 bits per heavy atom. The number of ether oxygens (including phenoxy) is 2. The number of aliphatic hydroxyl groups is 1. The molecule has 0 aliphatic carbocycles. The highest BCUT2D eigenvalue weighted by molar-refractivity contribution is 5.70. The Kier molecular flexibility index (Phi) is 7.81. The zero-order valence-corrected chi connectivity index (χ0v) is 11.2. The molecular formula is C14H21NO4. The van der Waals surface area contributed by atoms with E-state index in [2.05, 4.69) is 5.32 Å². The second kappa shape index (κ2) is 9.49. The van der Waals surface area contributed by atoms with Crippen molar-refractivity contribution in [3.8, 4) is 0 Å². The van der Waals surface area contributed by atoms with Gasteiger partial charge in [-0.1, -0.05) is 30.3 Å². The van der Waals surface area contributed by atoms with E-state index in [4.69, 9.17) is 9.47 Å². The Morgan fingerprint density at radius 3 is 2.79 bits per heavy atom. The van der Waals surface area contributed by atoms with E-state index in [0.717, 1.165) is 5.56 Å². The quantitative estimate of drug-likeness (QED) is 0.514. The normalized spacial score (nSPS) is 12.1. The molecule has 106 valence electrons. The summed E-state index contributed by atoms with van der Waals surface area (Å²) in [6.07, 6.45) is -0.536. The molecule has 2 N–H and O–H groups in total. The largest absolute Gasteiger partial charge is 0.464 e. The van der Waals surface area contributed by atoms with Crippen LogP contribution in [-0.2, 0) is 14.3 Å². The maximum absolute atomic E-state index is 11.0. The lowest BCUT2D eigenvalue weighted by atomic mass is 10.1. The first-order chi connectivity index (χ1) is 9.24. The van der Waals surface area contributed by atoms with Crippen LogP contribution in [0.15, 0.2) is 30.3 Å². The average Bonchev–Trinajstić information content (AvgIpc) is 2.43. The predicted molar refractivity (Wildman–Crippen MR) is 71.7 cm³/mol. The van der Waals surface area contributed by atoms with Crippen molar-refractivity contribution in [3.63, 3.8) is 0 Å². The Bertz CT molecular complexity index is 356. The van der Waals surface area contributed by atoms with Gasteiger partial charge in [0, 0.05) is 13.1 Å². The minimum Gasteiger partial charge on any atom is -0.464 e. The second-order valence-electron chi connectivity index (χ2n) is 3.99. The van der Waals surface area contributed by atoms with Crippen molar-refractivity contribution in [2.24, 2.45) is 0 Å². The van der Waals surface area contributed by atoms with Crippen LogP contribution in [0.3, 0.4) is 0 Å². The molecule has 0 bridgehead atoms. The van der Waals surface area contributed by atoms with Crippen molar-refractivity contribution >= 4 is 5.97 Å². The fourth-order valence-corrected chi connectivity index (χ4v) is 1.53. The number of aliphatic hydroxyl groups excluding tert-OH is 1. The zero-order chi connectivity index (χ0) is 13.9. The van der Waals surface area contributed by atoms with Crippen LogP contribution in [0.1, 0.15) is 18.6 Å². The van der Waals surface area contributed by atoms with Crippen LogP contribution in [-0.4, -0.2) is 44.0 Å². The molecule has 19 heavy (non-hydrogen) atoms. The van der Waals surface area contributed by atoms with Crippen LogP contribution in [0.4, 0.5) is 0 Å². The summed E-state index contributed by atoms with van der Waals surface area (Å²) in [5, 5.41) is 12.9. The molecule has 0 heterocycles. The number of nitrogens with one attached hydrogen (secondary N) is 1. The summed E-state index contributed by atoms with van der Waals surface area (Å²) in [6.45, 7) is 3.52. The maximum Gasteiger partial charge on any atom is 0.332 e. The molecule has 1 aromatic carbocycles. The van der Waals surface area contributed by atoms with Crippen molar-refractivity contribution in [3.05, 3.63) is 35.9 Å². The van der Waals surface area contributed by atoms with Crippen molar-refractivity contribution in [2.75, 3.05) is 32.9 Å². The number of carbonyl (C=O) groups excluding carboxylic acids is 1. The number of benzene rings is 1. The molecule has 0 spiro atoms. The minimum atomic E-state index is -0.536. The topological polar surface area (TPSA) is 67.8 Å². The Balaban J connectivity index is 2.03. The third-order valence-corrected chi connectivity index (χ3v) is 2.47. The third kappa shape index (κ3) is 6.91. The van der Waals surface area contributed by atoms with Gasteiger partial charge in [0.2, 0.25) is 0 Å². The van der Waals surface area contributed by atoms with Gasteiger partial charge in [0.1, 0.15) is 6.61 Å². The molecule has 0 aliphatic heterocycles. The summed E-state index contributed by atoms with van der Waals surface area (Å²) in [5.74, 6) is -0.355. The van der Waals surface area contributed by atoms with Crippen LogP contribution < -0.4 is 5.32 Å². The van der Waals surface area contributed by atoms with Gasteiger partial charge in [0.25, 0.3) is 0 Å². The minimum absolute atomic E-state index is 0.0310. The number of hydrogen-bond acceptors (Lipinski definition) is 5. The molecule has 0 amide bonds. The smallest absolute Gasteiger partial charge is 0.332 e.